The van der Waals surface area contributed by atoms with Crippen LogP contribution in [0.4, 0.5) is 0 Å². The summed E-state index contributed by atoms with van der Waals surface area (Å²) in [6, 6.07) is 3.88. The SMILES string of the molecule is Cc1sc(/C=N/NC(=O)CCCC(=O)N/N=C/c2cc(Br)c(C)s2)cc1Br. The minimum Gasteiger partial charge on any atom is -0.273 e. The van der Waals surface area contributed by atoms with Crippen molar-refractivity contribution in [3.8, 4) is 0 Å². The number of nitrogens with one attached hydrogen (secondary N) is 2. The quantitative estimate of drug-likeness (QED) is 0.380. The van der Waals surface area contributed by atoms with Crippen LogP contribution in [0.15, 0.2) is 31.3 Å². The highest BCUT2D eigenvalue weighted by Gasteiger charge is 2.05. The van der Waals surface area contributed by atoms with E-state index >= 15 is 0 Å². The fraction of sp³-hybridized carbons (Fsp3) is 0.294. The highest BCUT2D eigenvalue weighted by atomic mass is 79.9. The van der Waals surface area contributed by atoms with E-state index in [1.165, 1.54) is 0 Å². The molecule has 2 rings (SSSR count). The Kier molecular flexibility index (Phi) is 8.81. The molecule has 0 aliphatic heterocycles. The Morgan fingerprint density at radius 2 is 1.33 bits per heavy atom. The van der Waals surface area contributed by atoms with Crippen molar-refractivity contribution < 1.29 is 9.59 Å². The van der Waals surface area contributed by atoms with Crippen molar-refractivity contribution in [3.63, 3.8) is 0 Å². The number of amides is 2. The Morgan fingerprint density at radius 3 is 1.67 bits per heavy atom. The summed E-state index contributed by atoms with van der Waals surface area (Å²) >= 11 is 10.0. The first kappa shape index (κ1) is 21.9. The molecule has 0 atom stereocenters. The number of carbonyl (C=O) groups is 2. The summed E-state index contributed by atoms with van der Waals surface area (Å²) in [6.45, 7) is 4.00. The van der Waals surface area contributed by atoms with Gasteiger partial charge in [-0.3, -0.25) is 9.59 Å². The average Bonchev–Trinajstić information content (AvgIpc) is 3.09. The number of thiophene rings is 2. The molecule has 0 aliphatic carbocycles. The van der Waals surface area contributed by atoms with E-state index < -0.39 is 0 Å². The first-order valence-electron chi connectivity index (χ1n) is 8.01. The zero-order valence-corrected chi connectivity index (χ0v) is 19.5. The van der Waals surface area contributed by atoms with Crippen molar-refractivity contribution in [3.05, 3.63) is 40.6 Å². The molecule has 0 aliphatic rings. The summed E-state index contributed by atoms with van der Waals surface area (Å²) in [7, 11) is 0. The van der Waals surface area contributed by atoms with Crippen molar-refractivity contribution in [2.75, 3.05) is 0 Å². The van der Waals surface area contributed by atoms with Crippen LogP contribution in [0.1, 0.15) is 38.8 Å². The van der Waals surface area contributed by atoms with Gasteiger partial charge in [-0.2, -0.15) is 10.2 Å². The van der Waals surface area contributed by atoms with E-state index in [0.717, 1.165) is 28.5 Å². The van der Waals surface area contributed by atoms with Crippen LogP contribution in [0.5, 0.6) is 0 Å². The molecule has 144 valence electrons. The van der Waals surface area contributed by atoms with Crippen molar-refractivity contribution >= 4 is 78.8 Å². The zero-order chi connectivity index (χ0) is 19.8. The normalized spacial score (nSPS) is 11.4. The maximum Gasteiger partial charge on any atom is 0.240 e. The van der Waals surface area contributed by atoms with Gasteiger partial charge in [-0.15, -0.1) is 22.7 Å². The van der Waals surface area contributed by atoms with Gasteiger partial charge in [0.15, 0.2) is 0 Å². The summed E-state index contributed by atoms with van der Waals surface area (Å²) < 4.78 is 2.05. The van der Waals surface area contributed by atoms with Crippen molar-refractivity contribution in [1.29, 1.82) is 0 Å². The lowest BCUT2D eigenvalue weighted by Crippen LogP contribution is -2.20. The molecule has 2 amide bonds. The lowest BCUT2D eigenvalue weighted by Gasteiger charge is -2.00. The van der Waals surface area contributed by atoms with Crippen LogP contribution in [0.2, 0.25) is 0 Å². The van der Waals surface area contributed by atoms with Crippen LogP contribution >= 0.6 is 54.5 Å². The Bertz CT molecular complexity index is 765. The summed E-state index contributed by atoms with van der Waals surface area (Å²) in [5.74, 6) is -0.456. The van der Waals surface area contributed by atoms with E-state index in [1.54, 1.807) is 35.1 Å². The second kappa shape index (κ2) is 10.8. The smallest absolute Gasteiger partial charge is 0.240 e. The van der Waals surface area contributed by atoms with Crippen molar-refractivity contribution in [2.45, 2.75) is 33.1 Å². The molecule has 0 unspecified atom stereocenters. The second-order valence-corrected chi connectivity index (χ2v) is 9.83. The molecule has 2 aromatic rings. The summed E-state index contributed by atoms with van der Waals surface area (Å²) in [5, 5.41) is 7.85. The van der Waals surface area contributed by atoms with E-state index in [-0.39, 0.29) is 24.7 Å². The Labute approximate surface area is 182 Å². The maximum atomic E-state index is 11.7. The molecule has 2 N–H and O–H groups in total. The molecule has 2 aromatic heterocycles. The van der Waals surface area contributed by atoms with Crippen molar-refractivity contribution in [2.24, 2.45) is 10.2 Å². The molecule has 10 heteroatoms. The van der Waals surface area contributed by atoms with Gasteiger partial charge in [-0.05, 0) is 64.3 Å². The van der Waals surface area contributed by atoms with Crippen LogP contribution in [-0.4, -0.2) is 24.2 Å². The number of rotatable bonds is 8. The van der Waals surface area contributed by atoms with Gasteiger partial charge >= 0.3 is 0 Å². The number of hydrogen-bond donors (Lipinski definition) is 2. The fourth-order valence-corrected chi connectivity index (χ4v) is 4.81. The topological polar surface area (TPSA) is 82.9 Å². The van der Waals surface area contributed by atoms with Gasteiger partial charge < -0.3 is 0 Å². The first-order valence-corrected chi connectivity index (χ1v) is 11.2. The second-order valence-electron chi connectivity index (χ2n) is 5.55. The molecule has 0 radical (unpaired) electrons. The monoisotopic (exact) mass is 532 g/mol. The lowest BCUT2D eigenvalue weighted by molar-refractivity contribution is -0.122. The highest BCUT2D eigenvalue weighted by molar-refractivity contribution is 9.10. The molecule has 0 fully saturated rings. The largest absolute Gasteiger partial charge is 0.273 e. The van der Waals surface area contributed by atoms with Gasteiger partial charge in [0.25, 0.3) is 0 Å². The third kappa shape index (κ3) is 7.65. The number of carbonyl (C=O) groups excluding carboxylic acids is 2. The Morgan fingerprint density at radius 1 is 0.926 bits per heavy atom. The van der Waals surface area contributed by atoms with Crippen LogP contribution in [0.25, 0.3) is 0 Å². The maximum absolute atomic E-state index is 11.7. The Hall–Kier alpha value is -1.36. The third-order valence-electron chi connectivity index (χ3n) is 3.32. The molecule has 6 nitrogen and oxygen atoms in total. The van der Waals surface area contributed by atoms with E-state index in [9.17, 15) is 9.59 Å². The standard InChI is InChI=1S/C17H18Br2N4O2S2/c1-10-14(18)6-12(26-10)8-20-22-16(24)4-3-5-17(25)23-21-9-13-7-15(19)11(2)27-13/h6-9H,3-5H2,1-2H3,(H,22,24)(H,23,25)/b20-8+,21-9+. The van der Waals surface area contributed by atoms with E-state index in [4.69, 9.17) is 0 Å². The minimum atomic E-state index is -0.228. The van der Waals surface area contributed by atoms with Crippen LogP contribution in [0, 0.1) is 13.8 Å². The van der Waals surface area contributed by atoms with E-state index in [2.05, 4.69) is 52.9 Å². The number of halogens is 2. The molecule has 0 saturated heterocycles. The fourth-order valence-electron chi connectivity index (χ4n) is 1.95. The minimum absolute atomic E-state index is 0.221. The van der Waals surface area contributed by atoms with E-state index in [1.807, 2.05) is 26.0 Å². The first-order chi connectivity index (χ1) is 12.8. The van der Waals surface area contributed by atoms with Gasteiger partial charge in [0.1, 0.15) is 0 Å². The predicted molar refractivity (Wildman–Crippen MR) is 119 cm³/mol. The molecule has 0 saturated carbocycles. The van der Waals surface area contributed by atoms with Gasteiger partial charge in [0.05, 0.1) is 12.4 Å². The highest BCUT2D eigenvalue weighted by Crippen LogP contribution is 2.25. The predicted octanol–water partition coefficient (Wildman–Crippen LogP) is 4.72. The molecule has 27 heavy (non-hydrogen) atoms. The van der Waals surface area contributed by atoms with Crippen molar-refractivity contribution in [1.82, 2.24) is 10.9 Å². The number of hydrogen-bond acceptors (Lipinski definition) is 6. The summed E-state index contributed by atoms with van der Waals surface area (Å²) in [5.41, 5.74) is 4.93. The summed E-state index contributed by atoms with van der Waals surface area (Å²) in [4.78, 5) is 27.7. The van der Waals surface area contributed by atoms with Gasteiger partial charge in [0, 0.05) is 41.3 Å². The summed E-state index contributed by atoms with van der Waals surface area (Å²) in [6.07, 6.45) is 4.08. The molecular weight excluding hydrogens is 516 g/mol. The van der Waals surface area contributed by atoms with Gasteiger partial charge in [0.2, 0.25) is 11.8 Å². The number of aryl methyl sites for hydroxylation is 2. The molecule has 2 heterocycles. The third-order valence-corrected chi connectivity index (χ3v) is 7.46. The molecule has 0 bridgehead atoms. The lowest BCUT2D eigenvalue weighted by atomic mass is 10.2. The number of nitrogens with zero attached hydrogens (tertiary/aromatic N) is 2. The van der Waals surface area contributed by atoms with E-state index in [0.29, 0.717) is 6.42 Å². The van der Waals surface area contributed by atoms with Crippen LogP contribution < -0.4 is 10.9 Å². The Balaban J connectivity index is 1.63. The van der Waals surface area contributed by atoms with Gasteiger partial charge in [-0.1, -0.05) is 0 Å². The van der Waals surface area contributed by atoms with Crippen LogP contribution in [-0.2, 0) is 9.59 Å². The molecule has 0 spiro atoms. The van der Waals surface area contributed by atoms with Gasteiger partial charge in [-0.25, -0.2) is 10.9 Å². The molecular formula is C17H18Br2N4O2S2. The van der Waals surface area contributed by atoms with Crippen LogP contribution in [0.3, 0.4) is 0 Å². The average molecular weight is 534 g/mol. The zero-order valence-electron chi connectivity index (χ0n) is 14.7. The molecule has 0 aromatic carbocycles. The number of hydrazone groups is 2.